The summed E-state index contributed by atoms with van der Waals surface area (Å²) in [6.07, 6.45) is 0. The first-order chi connectivity index (χ1) is 9.06. The average molecular weight is 297 g/mol. The molecule has 0 atom stereocenters. The highest BCUT2D eigenvalue weighted by Gasteiger charge is 2.06. The van der Waals surface area contributed by atoms with Gasteiger partial charge in [-0.1, -0.05) is 29.3 Å². The fourth-order valence-electron chi connectivity index (χ4n) is 1.61. The molecule has 0 bridgehead atoms. The zero-order chi connectivity index (χ0) is 13.8. The Morgan fingerprint density at radius 2 is 1.95 bits per heavy atom. The monoisotopic (exact) mass is 296 g/mol. The molecule has 0 aliphatic carbocycles. The summed E-state index contributed by atoms with van der Waals surface area (Å²) < 4.78 is 0. The van der Waals surface area contributed by atoms with Crippen molar-refractivity contribution >= 4 is 34.6 Å². The SMILES string of the molecule is O=[N+]([O-])c1cccc(NCc2cc(Cl)ccc2Cl)c1. The smallest absolute Gasteiger partial charge is 0.271 e. The highest BCUT2D eigenvalue weighted by molar-refractivity contribution is 6.33. The predicted molar refractivity (Wildman–Crippen MR) is 76.9 cm³/mol. The lowest BCUT2D eigenvalue weighted by Crippen LogP contribution is -2.00. The topological polar surface area (TPSA) is 55.2 Å². The van der Waals surface area contributed by atoms with Gasteiger partial charge >= 0.3 is 0 Å². The number of nitrogens with one attached hydrogen (secondary N) is 1. The van der Waals surface area contributed by atoms with Crippen molar-refractivity contribution in [3.63, 3.8) is 0 Å². The van der Waals surface area contributed by atoms with Crippen LogP contribution in [0.15, 0.2) is 42.5 Å². The lowest BCUT2D eigenvalue weighted by Gasteiger charge is -2.08. The second kappa shape index (κ2) is 5.91. The lowest BCUT2D eigenvalue weighted by atomic mass is 10.2. The summed E-state index contributed by atoms with van der Waals surface area (Å²) in [5.41, 5.74) is 1.54. The normalized spacial score (nSPS) is 10.2. The Morgan fingerprint density at radius 3 is 2.68 bits per heavy atom. The molecule has 4 nitrogen and oxygen atoms in total. The molecule has 0 fully saturated rings. The third-order valence-corrected chi connectivity index (χ3v) is 3.15. The van der Waals surface area contributed by atoms with E-state index in [1.165, 1.54) is 12.1 Å². The Morgan fingerprint density at radius 1 is 1.16 bits per heavy atom. The van der Waals surface area contributed by atoms with Crippen LogP contribution < -0.4 is 5.32 Å². The lowest BCUT2D eigenvalue weighted by molar-refractivity contribution is -0.384. The minimum Gasteiger partial charge on any atom is -0.381 e. The summed E-state index contributed by atoms with van der Waals surface area (Å²) in [6.45, 7) is 0.445. The maximum atomic E-state index is 10.7. The molecule has 98 valence electrons. The van der Waals surface area contributed by atoms with Crippen molar-refractivity contribution in [3.8, 4) is 0 Å². The number of halogens is 2. The Bertz CT molecular complexity index is 617. The number of hydrogen-bond donors (Lipinski definition) is 1. The van der Waals surface area contributed by atoms with Crippen LogP contribution in [0.1, 0.15) is 5.56 Å². The highest BCUT2D eigenvalue weighted by Crippen LogP contribution is 2.23. The number of nitro benzene ring substituents is 1. The first-order valence-electron chi connectivity index (χ1n) is 5.48. The van der Waals surface area contributed by atoms with E-state index in [2.05, 4.69) is 5.32 Å². The Labute approximate surface area is 120 Å². The number of nitrogens with zero attached hydrogens (tertiary/aromatic N) is 1. The van der Waals surface area contributed by atoms with Gasteiger partial charge in [0.05, 0.1) is 4.92 Å². The number of benzene rings is 2. The van der Waals surface area contributed by atoms with E-state index in [1.807, 2.05) is 0 Å². The number of hydrogen-bond acceptors (Lipinski definition) is 3. The Balaban J connectivity index is 2.12. The molecule has 0 spiro atoms. The van der Waals surface area contributed by atoms with Gasteiger partial charge in [0.25, 0.3) is 5.69 Å². The van der Waals surface area contributed by atoms with Crippen molar-refractivity contribution in [3.05, 3.63) is 68.2 Å². The van der Waals surface area contributed by atoms with E-state index in [9.17, 15) is 10.1 Å². The first kappa shape index (κ1) is 13.6. The minimum atomic E-state index is -0.433. The maximum absolute atomic E-state index is 10.7. The van der Waals surface area contributed by atoms with Crippen molar-refractivity contribution in [1.82, 2.24) is 0 Å². The van der Waals surface area contributed by atoms with Crippen molar-refractivity contribution in [2.75, 3.05) is 5.32 Å². The number of rotatable bonds is 4. The van der Waals surface area contributed by atoms with Gasteiger partial charge < -0.3 is 5.32 Å². The van der Waals surface area contributed by atoms with Gasteiger partial charge in [-0.2, -0.15) is 0 Å². The first-order valence-corrected chi connectivity index (χ1v) is 6.24. The molecule has 2 aromatic carbocycles. The molecule has 0 aromatic heterocycles. The van der Waals surface area contributed by atoms with E-state index in [1.54, 1.807) is 30.3 Å². The van der Waals surface area contributed by atoms with E-state index >= 15 is 0 Å². The molecule has 2 aromatic rings. The number of nitro groups is 1. The van der Waals surface area contributed by atoms with Crippen molar-refractivity contribution in [1.29, 1.82) is 0 Å². The van der Waals surface area contributed by atoms with Gasteiger partial charge in [-0.25, -0.2) is 0 Å². The molecule has 0 saturated heterocycles. The number of anilines is 1. The molecule has 0 heterocycles. The van der Waals surface area contributed by atoms with Crippen molar-refractivity contribution < 1.29 is 4.92 Å². The van der Waals surface area contributed by atoms with Gasteiger partial charge in [-0.05, 0) is 29.8 Å². The van der Waals surface area contributed by atoms with E-state index in [0.29, 0.717) is 22.3 Å². The zero-order valence-electron chi connectivity index (χ0n) is 9.77. The van der Waals surface area contributed by atoms with Crippen LogP contribution in [0.25, 0.3) is 0 Å². The van der Waals surface area contributed by atoms with Crippen LogP contribution in [-0.4, -0.2) is 4.92 Å². The van der Waals surface area contributed by atoms with Gasteiger partial charge in [-0.3, -0.25) is 10.1 Å². The van der Waals surface area contributed by atoms with Gasteiger partial charge in [0.1, 0.15) is 0 Å². The fraction of sp³-hybridized carbons (Fsp3) is 0.0769. The molecular formula is C13H10Cl2N2O2. The van der Waals surface area contributed by atoms with Crippen molar-refractivity contribution in [2.45, 2.75) is 6.54 Å². The van der Waals surface area contributed by atoms with E-state index in [0.717, 1.165) is 5.56 Å². The molecule has 2 rings (SSSR count). The summed E-state index contributed by atoms with van der Waals surface area (Å²) in [5, 5.41) is 14.9. The summed E-state index contributed by atoms with van der Waals surface area (Å²) in [7, 11) is 0. The maximum Gasteiger partial charge on any atom is 0.271 e. The Kier molecular flexibility index (Phi) is 4.24. The summed E-state index contributed by atoms with van der Waals surface area (Å²) in [6, 6.07) is 11.5. The highest BCUT2D eigenvalue weighted by atomic mass is 35.5. The Hall–Kier alpha value is -1.78. The summed E-state index contributed by atoms with van der Waals surface area (Å²) >= 11 is 11.9. The van der Waals surface area contributed by atoms with Crippen LogP contribution in [-0.2, 0) is 6.54 Å². The van der Waals surface area contributed by atoms with E-state index < -0.39 is 4.92 Å². The van der Waals surface area contributed by atoms with Crippen LogP contribution in [0.5, 0.6) is 0 Å². The fourth-order valence-corrected chi connectivity index (χ4v) is 1.98. The van der Waals surface area contributed by atoms with Crippen LogP contribution in [0.3, 0.4) is 0 Å². The van der Waals surface area contributed by atoms with Gasteiger partial charge in [0.15, 0.2) is 0 Å². The largest absolute Gasteiger partial charge is 0.381 e. The molecule has 0 unspecified atom stereocenters. The standard InChI is InChI=1S/C13H10Cl2N2O2/c14-10-4-5-13(15)9(6-10)8-16-11-2-1-3-12(7-11)17(18)19/h1-7,16H,8H2. The molecule has 6 heteroatoms. The second-order valence-electron chi connectivity index (χ2n) is 3.90. The third-order valence-electron chi connectivity index (χ3n) is 2.55. The molecule has 0 aliphatic rings. The van der Waals surface area contributed by atoms with Crippen molar-refractivity contribution in [2.24, 2.45) is 0 Å². The minimum absolute atomic E-state index is 0.0437. The molecule has 0 amide bonds. The van der Waals surface area contributed by atoms with Gasteiger partial charge in [0.2, 0.25) is 0 Å². The zero-order valence-corrected chi connectivity index (χ0v) is 11.3. The summed E-state index contributed by atoms with van der Waals surface area (Å²) in [5.74, 6) is 0. The molecule has 19 heavy (non-hydrogen) atoms. The van der Waals surface area contributed by atoms with Crippen LogP contribution in [0.4, 0.5) is 11.4 Å². The predicted octanol–water partition coefficient (Wildman–Crippen LogP) is 4.51. The quantitative estimate of drug-likeness (QED) is 0.667. The molecule has 1 N–H and O–H groups in total. The average Bonchev–Trinajstić information content (AvgIpc) is 2.40. The third kappa shape index (κ3) is 3.59. The van der Waals surface area contributed by atoms with Crippen LogP contribution >= 0.6 is 23.2 Å². The molecule has 0 aliphatic heterocycles. The molecule has 0 saturated carbocycles. The van der Waals surface area contributed by atoms with Crippen LogP contribution in [0.2, 0.25) is 10.0 Å². The van der Waals surface area contributed by atoms with Gasteiger partial charge in [0, 0.05) is 34.4 Å². The molecule has 0 radical (unpaired) electrons. The van der Waals surface area contributed by atoms with Gasteiger partial charge in [-0.15, -0.1) is 0 Å². The number of non-ortho nitro benzene ring substituents is 1. The van der Waals surface area contributed by atoms with Crippen LogP contribution in [0, 0.1) is 10.1 Å². The van der Waals surface area contributed by atoms with E-state index in [4.69, 9.17) is 23.2 Å². The summed E-state index contributed by atoms with van der Waals surface area (Å²) in [4.78, 5) is 10.2. The van der Waals surface area contributed by atoms with E-state index in [-0.39, 0.29) is 5.69 Å². The second-order valence-corrected chi connectivity index (χ2v) is 4.74. The molecular weight excluding hydrogens is 287 g/mol.